The zero-order chi connectivity index (χ0) is 59.0. The van der Waals surface area contributed by atoms with Crippen LogP contribution in [0.4, 0.5) is 0 Å². The van der Waals surface area contributed by atoms with Crippen LogP contribution in [0, 0.1) is 17.8 Å². The van der Waals surface area contributed by atoms with Crippen molar-refractivity contribution in [3.63, 3.8) is 0 Å². The van der Waals surface area contributed by atoms with Crippen molar-refractivity contribution < 1.29 is 67.1 Å². The Morgan fingerprint density at radius 2 is 0.925 bits per heavy atom. The second kappa shape index (κ2) is 51.1. The van der Waals surface area contributed by atoms with Gasteiger partial charge in [0.2, 0.25) is 12.0 Å². The van der Waals surface area contributed by atoms with Crippen LogP contribution in [0.15, 0.2) is 0 Å². The van der Waals surface area contributed by atoms with Gasteiger partial charge in [0.15, 0.2) is 12.4 Å². The lowest BCUT2D eigenvalue weighted by molar-refractivity contribution is -0.273. The molecule has 0 aromatic heterocycles. The Kier molecular flexibility index (Phi) is 48.4. The van der Waals surface area contributed by atoms with Gasteiger partial charge in [0.05, 0.1) is 13.2 Å². The van der Waals surface area contributed by atoms with Crippen molar-refractivity contribution >= 4 is 32.0 Å². The molecule has 1 saturated heterocycles. The highest BCUT2D eigenvalue weighted by Crippen LogP contribution is 2.29. The first-order valence-electron chi connectivity index (χ1n) is 32.4. The third-order valence-corrected chi connectivity index (χ3v) is 15.9. The molecule has 470 valence electrons. The molecule has 16 nitrogen and oxygen atoms in total. The lowest BCUT2D eigenvalue weighted by Gasteiger charge is -2.42. The summed E-state index contributed by atoms with van der Waals surface area (Å²) in [6, 6.07) is -1.29. The number of unbranched alkanes of at least 4 members (excludes halogenated alkanes) is 29. The Labute approximate surface area is 487 Å². The standard InChI is InChI=1S/C63H119N2O14P/c1-50(2)40-34-28-22-16-11-8-9-14-21-27-33-39-45-64-62(72)56(49-75-63-59(65-53(7)67)61(71)60(70)55(46-66)78-63)79-80(73)76-48-54(47-74-57(68)43-37-31-25-20-15-18-24-30-36-42-52(5)6)77-58(69)44-38-32-26-19-13-10-12-17-23-29-35-41-51(3)4/h50-52,54-56,59-61,63,66,70-71H,8-49H2,1-7H3,(H-,64,65,67,72)/p+1/t54-,55+,56+,59+,60+,61+,63-/m0/s1. The molecule has 1 fully saturated rings. The van der Waals surface area contributed by atoms with E-state index in [9.17, 15) is 39.1 Å². The van der Waals surface area contributed by atoms with Crippen molar-refractivity contribution in [2.75, 3.05) is 33.0 Å². The molecule has 1 heterocycles. The van der Waals surface area contributed by atoms with Gasteiger partial charge in [-0.15, -0.1) is 9.05 Å². The topological polar surface area (TPSA) is 225 Å². The molecule has 0 spiro atoms. The van der Waals surface area contributed by atoms with Crippen LogP contribution in [-0.2, 0) is 51.7 Å². The van der Waals surface area contributed by atoms with Gasteiger partial charge in [-0.3, -0.25) is 19.2 Å². The lowest BCUT2D eigenvalue weighted by atomic mass is 9.97. The fourth-order valence-electron chi connectivity index (χ4n) is 10.1. The smallest absolute Gasteiger partial charge is 0.462 e. The number of carbonyl (C=O) groups is 4. The van der Waals surface area contributed by atoms with Crippen LogP contribution in [0.1, 0.15) is 286 Å². The SMILES string of the molecule is CC(=O)N[C@H]1[C@@H](OC[C@@H](O[P+](=O)OC[C@H](COC(=O)CCCCCCCCCCCC(C)C)OC(=O)CCCCCCCCCCCCCC(C)C)C(=O)NCCCCCCCCCCCCCCC(C)C)O[C@H](CO)[C@@H](O)[C@@H]1O. The molecule has 0 aromatic carbocycles. The first kappa shape index (κ1) is 75.7. The number of hydrogen-bond donors (Lipinski definition) is 5. The highest BCUT2D eigenvalue weighted by atomic mass is 31.1. The molecule has 1 aliphatic rings. The monoisotopic (exact) mass is 1160 g/mol. The third kappa shape index (κ3) is 43.4. The Hall–Kier alpha value is -2.30. The minimum atomic E-state index is -3.07. The highest BCUT2D eigenvalue weighted by molar-refractivity contribution is 7.33. The minimum Gasteiger partial charge on any atom is -0.462 e. The largest absolute Gasteiger partial charge is 0.698 e. The number of rotatable bonds is 55. The van der Waals surface area contributed by atoms with E-state index in [1.807, 2.05) is 0 Å². The summed E-state index contributed by atoms with van der Waals surface area (Å²) in [6.07, 6.45) is 32.2. The van der Waals surface area contributed by atoms with E-state index in [1.165, 1.54) is 155 Å². The molecule has 0 aliphatic carbocycles. The van der Waals surface area contributed by atoms with E-state index >= 15 is 0 Å². The molecule has 80 heavy (non-hydrogen) atoms. The summed E-state index contributed by atoms with van der Waals surface area (Å²) in [7, 11) is -3.07. The number of hydrogen-bond acceptors (Lipinski definition) is 14. The van der Waals surface area contributed by atoms with Crippen molar-refractivity contribution in [1.29, 1.82) is 0 Å². The Bertz CT molecular complexity index is 1540. The van der Waals surface area contributed by atoms with Crippen LogP contribution in [0.5, 0.6) is 0 Å². The minimum absolute atomic E-state index is 0.158. The van der Waals surface area contributed by atoms with Gasteiger partial charge in [0, 0.05) is 30.9 Å². The summed E-state index contributed by atoms with van der Waals surface area (Å²) >= 11 is 0. The van der Waals surface area contributed by atoms with Gasteiger partial charge in [0.25, 0.3) is 5.91 Å². The average molecular weight is 1160 g/mol. The van der Waals surface area contributed by atoms with Crippen LogP contribution in [0.3, 0.4) is 0 Å². The van der Waals surface area contributed by atoms with Crippen molar-refractivity contribution in [1.82, 2.24) is 10.6 Å². The van der Waals surface area contributed by atoms with E-state index in [1.54, 1.807) is 0 Å². The second-order valence-electron chi connectivity index (χ2n) is 24.3. The van der Waals surface area contributed by atoms with Crippen LogP contribution in [0.2, 0.25) is 0 Å². The van der Waals surface area contributed by atoms with Crippen LogP contribution < -0.4 is 10.6 Å². The van der Waals surface area contributed by atoms with Gasteiger partial charge in [-0.1, -0.05) is 247 Å². The van der Waals surface area contributed by atoms with E-state index in [2.05, 4.69) is 52.2 Å². The second-order valence-corrected chi connectivity index (χ2v) is 25.2. The Balaban J connectivity index is 2.86. The van der Waals surface area contributed by atoms with Crippen molar-refractivity contribution in [3.05, 3.63) is 0 Å². The van der Waals surface area contributed by atoms with E-state index < -0.39 is 94.7 Å². The van der Waals surface area contributed by atoms with E-state index in [0.29, 0.717) is 25.8 Å². The van der Waals surface area contributed by atoms with Gasteiger partial charge < -0.3 is 44.9 Å². The normalized spacial score (nSPS) is 18.4. The first-order chi connectivity index (χ1) is 38.5. The molecule has 0 saturated carbocycles. The molecule has 2 amide bonds. The van der Waals surface area contributed by atoms with Crippen molar-refractivity contribution in [2.45, 2.75) is 329 Å². The zero-order valence-electron chi connectivity index (χ0n) is 51.8. The number of aliphatic hydroxyl groups excluding tert-OH is 3. The third-order valence-electron chi connectivity index (χ3n) is 15.1. The average Bonchev–Trinajstić information content (AvgIpc) is 3.42. The molecule has 0 aromatic rings. The predicted molar refractivity (Wildman–Crippen MR) is 319 cm³/mol. The molecular formula is C63H120N2O14P+. The van der Waals surface area contributed by atoms with Crippen LogP contribution in [-0.4, -0.2) is 115 Å². The molecule has 1 rings (SSSR count). The number of carbonyl (C=O) groups excluding carboxylic acids is 4. The van der Waals surface area contributed by atoms with Gasteiger partial charge in [-0.25, -0.2) is 0 Å². The molecule has 5 N–H and O–H groups in total. The van der Waals surface area contributed by atoms with Crippen LogP contribution >= 0.6 is 8.25 Å². The van der Waals surface area contributed by atoms with E-state index in [-0.39, 0.29) is 19.4 Å². The van der Waals surface area contributed by atoms with E-state index in [4.69, 9.17) is 28.0 Å². The molecule has 17 heteroatoms. The Morgan fingerprint density at radius 1 is 0.525 bits per heavy atom. The molecule has 0 radical (unpaired) electrons. The van der Waals surface area contributed by atoms with Crippen LogP contribution in [0.25, 0.3) is 0 Å². The maximum absolute atomic E-state index is 13.7. The lowest BCUT2D eigenvalue weighted by Crippen LogP contribution is -2.64. The summed E-state index contributed by atoms with van der Waals surface area (Å²) in [5.41, 5.74) is 0. The fourth-order valence-corrected chi connectivity index (χ4v) is 10.8. The summed E-state index contributed by atoms with van der Waals surface area (Å²) in [5.74, 6) is 0.140. The summed E-state index contributed by atoms with van der Waals surface area (Å²) < 4.78 is 47.7. The van der Waals surface area contributed by atoms with Gasteiger partial charge >= 0.3 is 20.2 Å². The number of aliphatic hydroxyl groups is 3. The van der Waals surface area contributed by atoms with E-state index in [0.717, 1.165) is 75.5 Å². The van der Waals surface area contributed by atoms with Crippen molar-refractivity contribution in [3.8, 4) is 0 Å². The molecular weight excluding hydrogens is 1040 g/mol. The predicted octanol–water partition coefficient (Wildman–Crippen LogP) is 14.0. The number of nitrogens with one attached hydrogen (secondary N) is 2. The van der Waals surface area contributed by atoms with Gasteiger partial charge in [-0.05, 0) is 37.0 Å². The summed E-state index contributed by atoms with van der Waals surface area (Å²) in [5, 5.41) is 36.5. The quantitative estimate of drug-likeness (QED) is 0.0217. The maximum Gasteiger partial charge on any atom is 0.698 e. The molecule has 1 aliphatic heterocycles. The van der Waals surface area contributed by atoms with Gasteiger partial charge in [-0.2, -0.15) is 0 Å². The molecule has 0 bridgehead atoms. The molecule has 8 atom stereocenters. The number of esters is 2. The maximum atomic E-state index is 13.7. The summed E-state index contributed by atoms with van der Waals surface area (Å²) in [6.45, 7) is 13.1. The van der Waals surface area contributed by atoms with Gasteiger partial charge in [0.1, 0.15) is 37.6 Å². The Morgan fingerprint density at radius 3 is 1.34 bits per heavy atom. The highest BCUT2D eigenvalue weighted by Gasteiger charge is 2.46. The number of amides is 2. The zero-order valence-corrected chi connectivity index (χ0v) is 52.6. The summed E-state index contributed by atoms with van der Waals surface area (Å²) in [4.78, 5) is 51.8. The molecule has 1 unspecified atom stereocenters. The number of ether oxygens (including phenoxy) is 4. The fraction of sp³-hybridized carbons (Fsp3) is 0.937. The van der Waals surface area contributed by atoms with Crippen molar-refractivity contribution in [2.24, 2.45) is 17.8 Å². The first-order valence-corrected chi connectivity index (χ1v) is 33.5.